The number of aliphatic imine (C=N–C) groups is 1. The number of rotatable bonds is 4. The maximum Gasteiger partial charge on any atom is 0.337 e. The first-order valence-electron chi connectivity index (χ1n) is 6.26. The van der Waals surface area contributed by atoms with E-state index in [1.54, 1.807) is 30.5 Å². The minimum Gasteiger partial charge on any atom is -0.478 e. The molecule has 0 unspecified atom stereocenters. The summed E-state index contributed by atoms with van der Waals surface area (Å²) in [6, 6.07) is 12.4. The molecule has 0 atom stereocenters. The van der Waals surface area contributed by atoms with E-state index in [1.165, 1.54) is 0 Å². The van der Waals surface area contributed by atoms with Crippen LogP contribution in [0.5, 0.6) is 0 Å². The molecule has 0 fully saturated rings. The van der Waals surface area contributed by atoms with E-state index in [1.807, 2.05) is 25.1 Å². The number of carboxylic acids is 1. The van der Waals surface area contributed by atoms with Crippen molar-refractivity contribution in [1.29, 1.82) is 0 Å². The molecule has 2 aromatic carbocycles. The average Bonchev–Trinajstić information content (AvgIpc) is 2.46. The third-order valence-electron chi connectivity index (χ3n) is 2.94. The molecule has 4 heteroatoms. The number of aromatic carboxylic acids is 1. The van der Waals surface area contributed by atoms with Crippen molar-refractivity contribution >= 4 is 29.5 Å². The highest BCUT2D eigenvalue weighted by Gasteiger charge is 2.11. The van der Waals surface area contributed by atoms with Crippen LogP contribution < -0.4 is 0 Å². The second-order valence-electron chi connectivity index (χ2n) is 4.28. The van der Waals surface area contributed by atoms with Crippen molar-refractivity contribution in [3.63, 3.8) is 0 Å². The Morgan fingerprint density at radius 3 is 2.55 bits per heavy atom. The van der Waals surface area contributed by atoms with Crippen LogP contribution in [0.2, 0.25) is 5.02 Å². The third kappa shape index (κ3) is 3.25. The van der Waals surface area contributed by atoms with Gasteiger partial charge in [-0.3, -0.25) is 4.99 Å². The van der Waals surface area contributed by atoms with Gasteiger partial charge in [0.25, 0.3) is 0 Å². The first-order valence-corrected chi connectivity index (χ1v) is 6.64. The lowest BCUT2D eigenvalue weighted by Gasteiger charge is -2.06. The van der Waals surface area contributed by atoms with Gasteiger partial charge < -0.3 is 5.11 Å². The van der Waals surface area contributed by atoms with Crippen LogP contribution in [0.15, 0.2) is 47.5 Å². The first kappa shape index (κ1) is 14.3. The highest BCUT2D eigenvalue weighted by molar-refractivity contribution is 6.30. The van der Waals surface area contributed by atoms with Crippen LogP contribution in [0.25, 0.3) is 0 Å². The van der Waals surface area contributed by atoms with Gasteiger partial charge >= 0.3 is 5.97 Å². The van der Waals surface area contributed by atoms with E-state index in [0.29, 0.717) is 10.7 Å². The Labute approximate surface area is 122 Å². The zero-order valence-corrected chi connectivity index (χ0v) is 11.8. The molecule has 0 spiro atoms. The van der Waals surface area contributed by atoms with Gasteiger partial charge in [0.2, 0.25) is 0 Å². The number of para-hydroxylation sites is 1. The quantitative estimate of drug-likeness (QED) is 0.850. The molecule has 0 aliphatic heterocycles. The van der Waals surface area contributed by atoms with Crippen molar-refractivity contribution in [3.8, 4) is 0 Å². The molecule has 0 aromatic heterocycles. The fourth-order valence-electron chi connectivity index (χ4n) is 1.89. The summed E-state index contributed by atoms with van der Waals surface area (Å²) in [6.45, 7) is 1.97. The molecule has 2 rings (SSSR count). The summed E-state index contributed by atoms with van der Waals surface area (Å²) in [5, 5.41) is 9.88. The molecule has 0 radical (unpaired) electrons. The maximum atomic E-state index is 11.3. The lowest BCUT2D eigenvalue weighted by molar-refractivity contribution is 0.0697. The van der Waals surface area contributed by atoms with Gasteiger partial charge in [0.05, 0.1) is 11.3 Å². The topological polar surface area (TPSA) is 49.7 Å². The number of nitrogens with zero attached hydrogens (tertiary/aromatic N) is 1. The minimum atomic E-state index is -0.969. The van der Waals surface area contributed by atoms with Crippen LogP contribution in [0, 0.1) is 0 Å². The summed E-state index contributed by atoms with van der Waals surface area (Å²) < 4.78 is 0. The molecule has 0 saturated heterocycles. The van der Waals surface area contributed by atoms with E-state index in [4.69, 9.17) is 11.6 Å². The van der Waals surface area contributed by atoms with E-state index in [9.17, 15) is 9.90 Å². The summed E-state index contributed by atoms with van der Waals surface area (Å²) in [4.78, 5) is 15.6. The number of carboxylic acid groups (broad SMARTS) is 1. The van der Waals surface area contributed by atoms with E-state index >= 15 is 0 Å². The molecular formula is C16H14ClNO2. The molecule has 2 aromatic rings. The molecule has 1 N–H and O–H groups in total. The Balaban J connectivity index is 2.41. The van der Waals surface area contributed by atoms with Crippen LogP contribution in [0.3, 0.4) is 0 Å². The van der Waals surface area contributed by atoms with Gasteiger partial charge in [-0.15, -0.1) is 0 Å². The number of aryl methyl sites for hydroxylation is 1. The zero-order chi connectivity index (χ0) is 14.5. The van der Waals surface area contributed by atoms with Gasteiger partial charge in [-0.2, -0.15) is 0 Å². The molecule has 0 heterocycles. The smallest absolute Gasteiger partial charge is 0.337 e. The van der Waals surface area contributed by atoms with Crippen LogP contribution in [-0.2, 0) is 6.42 Å². The Bertz CT molecular complexity index is 648. The predicted molar refractivity (Wildman–Crippen MR) is 81.5 cm³/mol. The average molecular weight is 288 g/mol. The zero-order valence-electron chi connectivity index (χ0n) is 11.0. The van der Waals surface area contributed by atoms with Crippen LogP contribution in [0.4, 0.5) is 5.69 Å². The molecule has 102 valence electrons. The van der Waals surface area contributed by atoms with Gasteiger partial charge in [-0.25, -0.2) is 4.79 Å². The Morgan fingerprint density at radius 2 is 1.95 bits per heavy atom. The standard InChI is InChI=1S/C16H14ClNO2/c1-2-12-4-3-5-14(16(19)20)15(12)18-10-11-6-8-13(17)9-7-11/h3-10H,2H2,1H3,(H,19,20). The van der Waals surface area contributed by atoms with Crippen molar-refractivity contribution in [2.45, 2.75) is 13.3 Å². The molecule has 0 amide bonds. The number of halogens is 1. The van der Waals surface area contributed by atoms with Crippen molar-refractivity contribution in [2.24, 2.45) is 4.99 Å². The normalized spacial score (nSPS) is 10.9. The highest BCUT2D eigenvalue weighted by Crippen LogP contribution is 2.25. The summed E-state index contributed by atoms with van der Waals surface area (Å²) in [5.41, 5.74) is 2.51. The molecule has 0 aliphatic carbocycles. The van der Waals surface area contributed by atoms with Crippen molar-refractivity contribution in [3.05, 3.63) is 64.2 Å². The molecule has 0 saturated carbocycles. The number of hydrogen-bond acceptors (Lipinski definition) is 2. The number of benzene rings is 2. The van der Waals surface area contributed by atoms with E-state index < -0.39 is 5.97 Å². The second-order valence-corrected chi connectivity index (χ2v) is 4.72. The summed E-state index contributed by atoms with van der Waals surface area (Å²) >= 11 is 5.82. The van der Waals surface area contributed by atoms with Gasteiger partial charge in [-0.1, -0.05) is 42.8 Å². The molecule has 0 bridgehead atoms. The molecular weight excluding hydrogens is 274 g/mol. The second kappa shape index (κ2) is 6.35. The third-order valence-corrected chi connectivity index (χ3v) is 3.20. The van der Waals surface area contributed by atoms with E-state index in [0.717, 1.165) is 17.5 Å². The Morgan fingerprint density at radius 1 is 1.25 bits per heavy atom. The highest BCUT2D eigenvalue weighted by atomic mass is 35.5. The van der Waals surface area contributed by atoms with Crippen molar-refractivity contribution in [2.75, 3.05) is 0 Å². The van der Waals surface area contributed by atoms with E-state index in [-0.39, 0.29) is 5.56 Å². The minimum absolute atomic E-state index is 0.217. The molecule has 0 aliphatic rings. The Kier molecular flexibility index (Phi) is 4.53. The first-order chi connectivity index (χ1) is 9.61. The summed E-state index contributed by atoms with van der Waals surface area (Å²) in [6.07, 6.45) is 2.38. The van der Waals surface area contributed by atoms with Crippen LogP contribution in [-0.4, -0.2) is 17.3 Å². The summed E-state index contributed by atoms with van der Waals surface area (Å²) in [7, 11) is 0. The summed E-state index contributed by atoms with van der Waals surface area (Å²) in [5.74, 6) is -0.969. The lowest BCUT2D eigenvalue weighted by Crippen LogP contribution is -1.99. The number of carbonyl (C=O) groups is 1. The SMILES string of the molecule is CCc1cccc(C(=O)O)c1N=Cc1ccc(Cl)cc1. The number of hydrogen-bond donors (Lipinski definition) is 1. The van der Waals surface area contributed by atoms with Crippen LogP contribution in [0.1, 0.15) is 28.4 Å². The fraction of sp³-hybridized carbons (Fsp3) is 0.125. The fourth-order valence-corrected chi connectivity index (χ4v) is 2.02. The lowest BCUT2D eigenvalue weighted by atomic mass is 10.1. The largest absolute Gasteiger partial charge is 0.478 e. The van der Waals surface area contributed by atoms with Gasteiger partial charge in [-0.05, 0) is 35.7 Å². The molecule has 20 heavy (non-hydrogen) atoms. The van der Waals surface area contributed by atoms with E-state index in [2.05, 4.69) is 4.99 Å². The Hall–Kier alpha value is -2.13. The van der Waals surface area contributed by atoms with Crippen molar-refractivity contribution in [1.82, 2.24) is 0 Å². The predicted octanol–water partition coefficient (Wildman–Crippen LogP) is 4.35. The van der Waals surface area contributed by atoms with Gasteiger partial charge in [0.1, 0.15) is 0 Å². The van der Waals surface area contributed by atoms with Gasteiger partial charge in [0, 0.05) is 11.2 Å². The molecule has 3 nitrogen and oxygen atoms in total. The van der Waals surface area contributed by atoms with Crippen LogP contribution >= 0.6 is 11.6 Å². The van der Waals surface area contributed by atoms with Crippen molar-refractivity contribution < 1.29 is 9.90 Å². The maximum absolute atomic E-state index is 11.3. The van der Waals surface area contributed by atoms with Gasteiger partial charge in [0.15, 0.2) is 0 Å². The monoisotopic (exact) mass is 287 g/mol.